The maximum Gasteiger partial charge on any atom is 0.409 e. The Morgan fingerprint density at radius 1 is 1.17 bits per heavy atom. The van der Waals surface area contributed by atoms with Crippen molar-refractivity contribution < 1.29 is 17.9 Å². The van der Waals surface area contributed by atoms with Crippen LogP contribution in [0.15, 0.2) is 4.99 Å². The maximum absolute atomic E-state index is 11.8. The molecule has 0 unspecified atom stereocenters. The zero-order valence-corrected chi connectivity index (χ0v) is 15.2. The van der Waals surface area contributed by atoms with E-state index in [1.165, 1.54) is 4.31 Å². The minimum absolute atomic E-state index is 0.248. The molecule has 2 saturated heterocycles. The number of nitrogens with one attached hydrogen (secondary N) is 1. The Bertz CT molecular complexity index is 558. The SMILES string of the molecule is CCOC(=O)N1CCN(C(=NC)NCCN2CCCS2(=O)=O)CC1. The first-order valence-electron chi connectivity index (χ1n) is 8.33. The van der Waals surface area contributed by atoms with Crippen LogP contribution in [0.3, 0.4) is 0 Å². The monoisotopic (exact) mass is 361 g/mol. The van der Waals surface area contributed by atoms with E-state index in [1.54, 1.807) is 18.9 Å². The standard InChI is InChI=1S/C14H27N5O4S/c1-3-23-14(20)18-10-8-17(9-11-18)13(15-2)16-5-7-19-6-4-12-24(19,21)22/h3-12H2,1-2H3,(H,15,16). The van der Waals surface area contributed by atoms with Crippen molar-refractivity contribution in [2.24, 2.45) is 4.99 Å². The predicted octanol–water partition coefficient (Wildman–Crippen LogP) is -0.629. The van der Waals surface area contributed by atoms with Crippen LogP contribution in [0.2, 0.25) is 0 Å². The minimum Gasteiger partial charge on any atom is -0.450 e. The van der Waals surface area contributed by atoms with E-state index in [-0.39, 0.29) is 11.8 Å². The second kappa shape index (κ2) is 8.52. The van der Waals surface area contributed by atoms with Gasteiger partial charge in [0.2, 0.25) is 10.0 Å². The van der Waals surface area contributed by atoms with Crippen LogP contribution in [0, 0.1) is 0 Å². The van der Waals surface area contributed by atoms with Gasteiger partial charge in [0.05, 0.1) is 12.4 Å². The number of sulfonamides is 1. The quantitative estimate of drug-likeness (QED) is 0.529. The molecule has 0 spiro atoms. The first-order valence-corrected chi connectivity index (χ1v) is 9.94. The molecule has 0 aromatic carbocycles. The molecule has 1 N–H and O–H groups in total. The van der Waals surface area contributed by atoms with Gasteiger partial charge in [0.25, 0.3) is 0 Å². The first kappa shape index (κ1) is 18.8. The van der Waals surface area contributed by atoms with E-state index in [9.17, 15) is 13.2 Å². The van der Waals surface area contributed by atoms with Crippen molar-refractivity contribution in [3.05, 3.63) is 0 Å². The van der Waals surface area contributed by atoms with Crippen molar-refractivity contribution in [3.8, 4) is 0 Å². The summed E-state index contributed by atoms with van der Waals surface area (Å²) in [7, 11) is -1.36. The number of carbonyl (C=O) groups excluding carboxylic acids is 1. The molecule has 10 heteroatoms. The molecule has 2 aliphatic heterocycles. The third-order valence-corrected chi connectivity index (χ3v) is 6.12. The number of rotatable bonds is 4. The Labute approximate surface area is 143 Å². The molecule has 0 atom stereocenters. The molecule has 0 aromatic rings. The second-order valence-corrected chi connectivity index (χ2v) is 7.80. The Balaban J connectivity index is 1.76. The molecular formula is C14H27N5O4S. The molecule has 0 radical (unpaired) electrons. The summed E-state index contributed by atoms with van der Waals surface area (Å²) in [5, 5.41) is 3.21. The van der Waals surface area contributed by atoms with Crippen LogP contribution in [-0.4, -0.2) is 99.8 Å². The lowest BCUT2D eigenvalue weighted by Crippen LogP contribution is -2.54. The zero-order valence-electron chi connectivity index (χ0n) is 14.4. The smallest absolute Gasteiger partial charge is 0.409 e. The molecule has 2 fully saturated rings. The summed E-state index contributed by atoms with van der Waals surface area (Å²) in [5.41, 5.74) is 0. The predicted molar refractivity (Wildman–Crippen MR) is 91.5 cm³/mol. The minimum atomic E-state index is -3.06. The highest BCUT2D eigenvalue weighted by molar-refractivity contribution is 7.89. The number of carbonyl (C=O) groups is 1. The lowest BCUT2D eigenvalue weighted by atomic mass is 10.3. The topological polar surface area (TPSA) is 94.6 Å². The summed E-state index contributed by atoms with van der Waals surface area (Å²) in [6, 6.07) is 0. The van der Waals surface area contributed by atoms with Gasteiger partial charge in [-0.25, -0.2) is 17.5 Å². The van der Waals surface area contributed by atoms with E-state index < -0.39 is 10.0 Å². The van der Waals surface area contributed by atoms with Crippen molar-refractivity contribution in [1.29, 1.82) is 0 Å². The fourth-order valence-electron chi connectivity index (χ4n) is 2.88. The summed E-state index contributed by atoms with van der Waals surface area (Å²) in [6.45, 7) is 6.23. The number of amides is 1. The highest BCUT2D eigenvalue weighted by atomic mass is 32.2. The van der Waals surface area contributed by atoms with Gasteiger partial charge < -0.3 is 19.9 Å². The van der Waals surface area contributed by atoms with Crippen LogP contribution < -0.4 is 5.32 Å². The van der Waals surface area contributed by atoms with E-state index in [1.807, 2.05) is 0 Å². The van der Waals surface area contributed by atoms with E-state index in [0.29, 0.717) is 58.8 Å². The molecule has 0 aliphatic carbocycles. The van der Waals surface area contributed by atoms with Crippen molar-refractivity contribution in [3.63, 3.8) is 0 Å². The van der Waals surface area contributed by atoms with Gasteiger partial charge in [0.1, 0.15) is 0 Å². The van der Waals surface area contributed by atoms with Crippen LogP contribution >= 0.6 is 0 Å². The van der Waals surface area contributed by atoms with Crippen LogP contribution in [-0.2, 0) is 14.8 Å². The number of aliphatic imine (C=N–C) groups is 1. The van der Waals surface area contributed by atoms with Crippen LogP contribution in [0.5, 0.6) is 0 Å². The molecule has 2 aliphatic rings. The highest BCUT2D eigenvalue weighted by Gasteiger charge is 2.28. The summed E-state index contributed by atoms with van der Waals surface area (Å²) in [5.74, 6) is 0.979. The van der Waals surface area contributed by atoms with Crippen molar-refractivity contribution >= 4 is 22.1 Å². The summed E-state index contributed by atoms with van der Waals surface area (Å²) in [6.07, 6.45) is 0.423. The summed E-state index contributed by atoms with van der Waals surface area (Å²) < 4.78 is 30.1. The summed E-state index contributed by atoms with van der Waals surface area (Å²) in [4.78, 5) is 19.7. The highest BCUT2D eigenvalue weighted by Crippen LogP contribution is 2.12. The molecule has 2 rings (SSSR count). The zero-order chi connectivity index (χ0) is 17.6. The van der Waals surface area contributed by atoms with E-state index in [4.69, 9.17) is 4.74 Å². The van der Waals surface area contributed by atoms with Gasteiger partial charge in [-0.2, -0.15) is 0 Å². The number of hydrogen-bond donors (Lipinski definition) is 1. The molecule has 0 saturated carbocycles. The molecule has 9 nitrogen and oxygen atoms in total. The Kier molecular flexibility index (Phi) is 6.67. The third kappa shape index (κ3) is 4.73. The second-order valence-electron chi connectivity index (χ2n) is 5.72. The molecule has 138 valence electrons. The number of nitrogens with zero attached hydrogens (tertiary/aromatic N) is 4. The van der Waals surface area contributed by atoms with Gasteiger partial charge in [0.15, 0.2) is 5.96 Å². The van der Waals surface area contributed by atoms with Gasteiger partial charge in [-0.15, -0.1) is 0 Å². The van der Waals surface area contributed by atoms with Crippen LogP contribution in [0.1, 0.15) is 13.3 Å². The van der Waals surface area contributed by atoms with Crippen molar-refractivity contribution in [2.75, 3.05) is 65.2 Å². The number of piperazine rings is 1. The van der Waals surface area contributed by atoms with Gasteiger partial charge in [-0.3, -0.25) is 4.99 Å². The van der Waals surface area contributed by atoms with Crippen molar-refractivity contribution in [1.82, 2.24) is 19.4 Å². The van der Waals surface area contributed by atoms with Gasteiger partial charge in [-0.05, 0) is 13.3 Å². The number of guanidine groups is 1. The fraction of sp³-hybridized carbons (Fsp3) is 0.857. The lowest BCUT2D eigenvalue weighted by molar-refractivity contribution is 0.0914. The Morgan fingerprint density at radius 2 is 1.83 bits per heavy atom. The van der Waals surface area contributed by atoms with Crippen molar-refractivity contribution in [2.45, 2.75) is 13.3 Å². The molecule has 0 bridgehead atoms. The van der Waals surface area contributed by atoms with E-state index in [2.05, 4.69) is 15.2 Å². The molecule has 1 amide bonds. The number of hydrogen-bond acceptors (Lipinski definition) is 5. The third-order valence-electron chi connectivity index (χ3n) is 4.16. The molecule has 2 heterocycles. The van der Waals surface area contributed by atoms with Gasteiger partial charge in [0, 0.05) is 52.9 Å². The fourth-order valence-corrected chi connectivity index (χ4v) is 4.41. The van der Waals surface area contributed by atoms with Gasteiger partial charge in [-0.1, -0.05) is 0 Å². The lowest BCUT2D eigenvalue weighted by Gasteiger charge is -2.36. The molecule has 0 aromatic heterocycles. The van der Waals surface area contributed by atoms with Crippen LogP contribution in [0.25, 0.3) is 0 Å². The average Bonchev–Trinajstić information content (AvgIpc) is 2.90. The van der Waals surface area contributed by atoms with Gasteiger partial charge >= 0.3 is 6.09 Å². The number of ether oxygens (including phenoxy) is 1. The average molecular weight is 361 g/mol. The van der Waals surface area contributed by atoms with E-state index >= 15 is 0 Å². The maximum atomic E-state index is 11.8. The normalized spacial score (nSPS) is 21.8. The first-order chi connectivity index (χ1) is 11.5. The largest absolute Gasteiger partial charge is 0.450 e. The van der Waals surface area contributed by atoms with Crippen LogP contribution in [0.4, 0.5) is 4.79 Å². The molecular weight excluding hydrogens is 334 g/mol. The Morgan fingerprint density at radius 3 is 2.38 bits per heavy atom. The van der Waals surface area contributed by atoms with E-state index in [0.717, 1.165) is 5.96 Å². The molecule has 24 heavy (non-hydrogen) atoms. The Hall–Kier alpha value is -1.55. The summed E-state index contributed by atoms with van der Waals surface area (Å²) >= 11 is 0.